The Kier molecular flexibility index (Phi) is 2.65. The van der Waals surface area contributed by atoms with E-state index < -0.39 is 11.9 Å². The van der Waals surface area contributed by atoms with Crippen LogP contribution in [0.4, 0.5) is 0 Å². The monoisotopic (exact) mass is 184 g/mol. The minimum absolute atomic E-state index is 0.0906. The number of primary amides is 1. The Balaban J connectivity index is 2.71. The Bertz CT molecular complexity index is 262. The van der Waals surface area contributed by atoms with Crippen LogP contribution in [0.3, 0.4) is 0 Å². The first-order chi connectivity index (χ1) is 6.02. The number of nitrogens with two attached hydrogens (primary N) is 1. The van der Waals surface area contributed by atoms with Crippen LogP contribution >= 0.6 is 0 Å². The van der Waals surface area contributed by atoms with Gasteiger partial charge in [-0.05, 0) is 13.3 Å². The molecular formula is C8H12N2O3. The predicted octanol–water partition coefficient (Wildman–Crippen LogP) is -0.948. The molecule has 1 saturated heterocycles. The summed E-state index contributed by atoms with van der Waals surface area (Å²) in [5, 5.41) is 0. The first-order valence-electron chi connectivity index (χ1n) is 4.10. The molecule has 0 aliphatic carbocycles. The molecule has 1 atom stereocenters. The smallest absolute Gasteiger partial charge is 0.237 e. The van der Waals surface area contributed by atoms with Crippen molar-refractivity contribution in [3.8, 4) is 0 Å². The summed E-state index contributed by atoms with van der Waals surface area (Å²) >= 11 is 0. The number of amides is 2. The molecule has 0 saturated carbocycles. The number of ketones is 1. The molecule has 1 aliphatic rings. The lowest BCUT2D eigenvalue weighted by molar-refractivity contribution is -0.136. The molecule has 0 aromatic carbocycles. The molecule has 1 aliphatic heterocycles. The largest absolute Gasteiger partial charge is 0.368 e. The first kappa shape index (κ1) is 9.70. The van der Waals surface area contributed by atoms with Crippen LogP contribution in [-0.2, 0) is 14.4 Å². The van der Waals surface area contributed by atoms with Crippen LogP contribution in [0.2, 0.25) is 0 Å². The van der Waals surface area contributed by atoms with E-state index in [0.717, 1.165) is 0 Å². The fourth-order valence-corrected chi connectivity index (χ4v) is 1.52. The van der Waals surface area contributed by atoms with Gasteiger partial charge >= 0.3 is 0 Å². The number of likely N-dealkylation sites (tertiary alicyclic amines) is 1. The van der Waals surface area contributed by atoms with Gasteiger partial charge < -0.3 is 10.6 Å². The van der Waals surface area contributed by atoms with Crippen molar-refractivity contribution in [2.45, 2.75) is 25.8 Å². The standard InChI is InChI=1S/C8H12N2O3/c1-5(11)6-2-3-8(13)10(6)4-7(9)12/h6H,2-4H2,1H3,(H2,9,12)/t6-/m1/s1. The van der Waals surface area contributed by atoms with Crippen molar-refractivity contribution in [2.24, 2.45) is 5.73 Å². The molecule has 1 rings (SSSR count). The van der Waals surface area contributed by atoms with Gasteiger partial charge in [0.05, 0.1) is 6.04 Å². The van der Waals surface area contributed by atoms with Crippen molar-refractivity contribution in [3.63, 3.8) is 0 Å². The van der Waals surface area contributed by atoms with Crippen molar-refractivity contribution in [3.05, 3.63) is 0 Å². The van der Waals surface area contributed by atoms with Crippen LogP contribution in [0.1, 0.15) is 19.8 Å². The van der Waals surface area contributed by atoms with Gasteiger partial charge in [0.2, 0.25) is 11.8 Å². The van der Waals surface area contributed by atoms with Gasteiger partial charge in [-0.2, -0.15) is 0 Å². The van der Waals surface area contributed by atoms with Gasteiger partial charge in [-0.3, -0.25) is 14.4 Å². The zero-order valence-corrected chi connectivity index (χ0v) is 7.45. The Morgan fingerprint density at radius 2 is 2.23 bits per heavy atom. The van der Waals surface area contributed by atoms with Crippen LogP contribution in [0.25, 0.3) is 0 Å². The minimum atomic E-state index is -0.582. The summed E-state index contributed by atoms with van der Waals surface area (Å²) in [6.07, 6.45) is 0.832. The maximum atomic E-state index is 11.2. The van der Waals surface area contributed by atoms with E-state index in [2.05, 4.69) is 0 Å². The number of carbonyl (C=O) groups excluding carboxylic acids is 3. The van der Waals surface area contributed by atoms with E-state index in [9.17, 15) is 14.4 Å². The topological polar surface area (TPSA) is 80.5 Å². The number of nitrogens with zero attached hydrogens (tertiary/aromatic N) is 1. The summed E-state index contributed by atoms with van der Waals surface area (Å²) in [4.78, 5) is 34.1. The van der Waals surface area contributed by atoms with Gasteiger partial charge in [-0.25, -0.2) is 0 Å². The molecule has 0 bridgehead atoms. The van der Waals surface area contributed by atoms with E-state index in [1.807, 2.05) is 0 Å². The Morgan fingerprint density at radius 1 is 1.62 bits per heavy atom. The third-order valence-corrected chi connectivity index (χ3v) is 2.12. The van der Waals surface area contributed by atoms with Crippen LogP contribution in [0.5, 0.6) is 0 Å². The van der Waals surface area contributed by atoms with Gasteiger partial charge in [-0.1, -0.05) is 0 Å². The SMILES string of the molecule is CC(=O)[C@H]1CCC(=O)N1CC(N)=O. The quantitative estimate of drug-likeness (QED) is 0.614. The molecular weight excluding hydrogens is 172 g/mol. The second-order valence-corrected chi connectivity index (χ2v) is 3.15. The highest BCUT2D eigenvalue weighted by atomic mass is 16.2. The third-order valence-electron chi connectivity index (χ3n) is 2.12. The van der Waals surface area contributed by atoms with E-state index >= 15 is 0 Å². The maximum Gasteiger partial charge on any atom is 0.237 e. The van der Waals surface area contributed by atoms with Crippen molar-refractivity contribution in [1.82, 2.24) is 4.90 Å². The highest BCUT2D eigenvalue weighted by Crippen LogP contribution is 2.18. The normalized spacial score (nSPS) is 22.1. The van der Waals surface area contributed by atoms with Gasteiger partial charge in [0.25, 0.3) is 0 Å². The highest BCUT2D eigenvalue weighted by Gasteiger charge is 2.34. The van der Waals surface area contributed by atoms with Crippen molar-refractivity contribution in [1.29, 1.82) is 0 Å². The summed E-state index contributed by atoms with van der Waals surface area (Å²) in [5.41, 5.74) is 4.95. The molecule has 13 heavy (non-hydrogen) atoms. The van der Waals surface area contributed by atoms with Gasteiger partial charge in [-0.15, -0.1) is 0 Å². The summed E-state index contributed by atoms with van der Waals surface area (Å²) in [6, 6.07) is -0.444. The average Bonchev–Trinajstić information content (AvgIpc) is 2.32. The summed E-state index contributed by atoms with van der Waals surface area (Å²) in [5.74, 6) is -0.840. The zero-order valence-electron chi connectivity index (χ0n) is 7.45. The third kappa shape index (κ3) is 2.05. The highest BCUT2D eigenvalue weighted by molar-refractivity contribution is 5.93. The molecule has 2 amide bonds. The molecule has 1 fully saturated rings. The predicted molar refractivity (Wildman–Crippen MR) is 44.6 cm³/mol. The number of carbonyl (C=O) groups is 3. The number of hydrogen-bond donors (Lipinski definition) is 1. The van der Waals surface area contributed by atoms with E-state index in [-0.39, 0.29) is 18.2 Å². The molecule has 0 radical (unpaired) electrons. The fraction of sp³-hybridized carbons (Fsp3) is 0.625. The second kappa shape index (κ2) is 3.55. The zero-order chi connectivity index (χ0) is 10.0. The van der Waals surface area contributed by atoms with Crippen molar-refractivity contribution in [2.75, 3.05) is 6.54 Å². The lowest BCUT2D eigenvalue weighted by Gasteiger charge is -2.20. The summed E-state index contributed by atoms with van der Waals surface area (Å²) in [7, 11) is 0. The van der Waals surface area contributed by atoms with Crippen LogP contribution in [0.15, 0.2) is 0 Å². The summed E-state index contributed by atoms with van der Waals surface area (Å²) in [6.45, 7) is 1.26. The first-order valence-corrected chi connectivity index (χ1v) is 4.10. The van der Waals surface area contributed by atoms with E-state index in [0.29, 0.717) is 12.8 Å². The lowest BCUT2D eigenvalue weighted by Crippen LogP contribution is -2.42. The molecule has 0 aromatic heterocycles. The molecule has 2 N–H and O–H groups in total. The van der Waals surface area contributed by atoms with Gasteiger partial charge in [0, 0.05) is 6.42 Å². The Labute approximate surface area is 75.9 Å². The molecule has 72 valence electrons. The summed E-state index contributed by atoms with van der Waals surface area (Å²) < 4.78 is 0. The Morgan fingerprint density at radius 3 is 2.69 bits per heavy atom. The van der Waals surface area contributed by atoms with E-state index in [1.54, 1.807) is 0 Å². The van der Waals surface area contributed by atoms with E-state index in [4.69, 9.17) is 5.73 Å². The fourth-order valence-electron chi connectivity index (χ4n) is 1.52. The van der Waals surface area contributed by atoms with Crippen LogP contribution in [-0.4, -0.2) is 35.1 Å². The van der Waals surface area contributed by atoms with Crippen molar-refractivity contribution < 1.29 is 14.4 Å². The van der Waals surface area contributed by atoms with E-state index in [1.165, 1.54) is 11.8 Å². The number of rotatable bonds is 3. The second-order valence-electron chi connectivity index (χ2n) is 3.15. The van der Waals surface area contributed by atoms with Crippen LogP contribution < -0.4 is 5.73 Å². The minimum Gasteiger partial charge on any atom is -0.368 e. The van der Waals surface area contributed by atoms with Gasteiger partial charge in [0.15, 0.2) is 5.78 Å². The molecule has 1 heterocycles. The average molecular weight is 184 g/mol. The molecule has 0 spiro atoms. The Hall–Kier alpha value is -1.39. The molecule has 5 heteroatoms. The molecule has 0 unspecified atom stereocenters. The van der Waals surface area contributed by atoms with Gasteiger partial charge in [0.1, 0.15) is 6.54 Å². The van der Waals surface area contributed by atoms with Crippen molar-refractivity contribution >= 4 is 17.6 Å². The lowest BCUT2D eigenvalue weighted by atomic mass is 10.1. The van der Waals surface area contributed by atoms with Crippen LogP contribution in [0, 0.1) is 0 Å². The maximum absolute atomic E-state index is 11.2. The number of hydrogen-bond acceptors (Lipinski definition) is 3. The molecule has 5 nitrogen and oxygen atoms in total. The number of Topliss-reactive ketones (excluding diaryl/α,β-unsaturated/α-hetero) is 1. The molecule has 0 aromatic rings.